The summed E-state index contributed by atoms with van der Waals surface area (Å²) < 4.78 is 20.5. The van der Waals surface area contributed by atoms with E-state index in [-0.39, 0.29) is 13.2 Å². The van der Waals surface area contributed by atoms with E-state index in [0.29, 0.717) is 6.04 Å². The molecule has 0 saturated heterocycles. The zero-order valence-electron chi connectivity index (χ0n) is 11.1. The fourth-order valence-electron chi connectivity index (χ4n) is 1.35. The van der Waals surface area contributed by atoms with Gasteiger partial charge in [0.15, 0.2) is 0 Å². The van der Waals surface area contributed by atoms with E-state index in [1.807, 2.05) is 0 Å². The third-order valence-electron chi connectivity index (χ3n) is 2.17. The summed E-state index contributed by atoms with van der Waals surface area (Å²) in [5, 5.41) is 3.34. The Labute approximate surface area is 105 Å². The highest BCUT2D eigenvalue weighted by molar-refractivity contribution is 7.47. The van der Waals surface area contributed by atoms with Gasteiger partial charge in [-0.25, -0.2) is 4.57 Å². The van der Waals surface area contributed by atoms with Gasteiger partial charge in [0.25, 0.3) is 0 Å². The summed E-state index contributed by atoms with van der Waals surface area (Å²) in [6, 6.07) is 0.532. The van der Waals surface area contributed by atoms with Gasteiger partial charge >= 0.3 is 7.82 Å². The zero-order valence-corrected chi connectivity index (χ0v) is 12.0. The highest BCUT2D eigenvalue weighted by Gasteiger charge is 2.18. The van der Waals surface area contributed by atoms with E-state index in [9.17, 15) is 4.57 Å². The third-order valence-corrected chi connectivity index (χ3v) is 3.26. The molecule has 6 heteroatoms. The van der Waals surface area contributed by atoms with Gasteiger partial charge in [0.05, 0.1) is 13.2 Å². The van der Waals surface area contributed by atoms with E-state index in [1.165, 1.54) is 0 Å². The van der Waals surface area contributed by atoms with Crippen LogP contribution in [0.1, 0.15) is 46.5 Å². The van der Waals surface area contributed by atoms with Gasteiger partial charge in [-0.2, -0.15) is 0 Å². The molecule has 1 atom stereocenters. The molecule has 1 unspecified atom stereocenters. The van der Waals surface area contributed by atoms with Crippen LogP contribution in [0, 0.1) is 0 Å². The largest absolute Gasteiger partial charge is 0.472 e. The van der Waals surface area contributed by atoms with Gasteiger partial charge < -0.3 is 10.2 Å². The molecule has 0 saturated carbocycles. The molecule has 0 aliphatic heterocycles. The maximum absolute atomic E-state index is 11.1. The minimum absolute atomic E-state index is 0.189. The van der Waals surface area contributed by atoms with Crippen LogP contribution in [0.5, 0.6) is 0 Å². The van der Waals surface area contributed by atoms with Crippen molar-refractivity contribution in [2.45, 2.75) is 52.5 Å². The van der Waals surface area contributed by atoms with Crippen molar-refractivity contribution < 1.29 is 18.5 Å². The van der Waals surface area contributed by atoms with E-state index in [4.69, 9.17) is 9.42 Å². The summed E-state index contributed by atoms with van der Waals surface area (Å²) in [7, 11) is -3.78. The van der Waals surface area contributed by atoms with E-state index >= 15 is 0 Å². The molecule has 0 aromatic heterocycles. The molecular formula is C11H26NO4P. The lowest BCUT2D eigenvalue weighted by molar-refractivity contribution is 0.153. The molecule has 0 aromatic rings. The maximum Gasteiger partial charge on any atom is 0.472 e. The molecule has 0 aromatic carbocycles. The monoisotopic (exact) mass is 267 g/mol. The Morgan fingerprint density at radius 1 is 1.18 bits per heavy atom. The molecule has 17 heavy (non-hydrogen) atoms. The van der Waals surface area contributed by atoms with Gasteiger partial charge in [-0.05, 0) is 26.3 Å². The van der Waals surface area contributed by atoms with Crippen LogP contribution in [-0.2, 0) is 13.6 Å². The second kappa shape index (κ2) is 10.0. The van der Waals surface area contributed by atoms with Crippen LogP contribution in [0.4, 0.5) is 0 Å². The van der Waals surface area contributed by atoms with Crippen molar-refractivity contribution in [1.82, 2.24) is 5.32 Å². The van der Waals surface area contributed by atoms with E-state index in [2.05, 4.69) is 23.7 Å². The molecule has 0 radical (unpaired) electrons. The van der Waals surface area contributed by atoms with Crippen LogP contribution in [0.25, 0.3) is 0 Å². The number of phosphoric ester groups is 1. The van der Waals surface area contributed by atoms with Crippen molar-refractivity contribution in [2.24, 2.45) is 0 Å². The number of rotatable bonds is 11. The van der Waals surface area contributed by atoms with Gasteiger partial charge in [0.2, 0.25) is 0 Å². The minimum atomic E-state index is -3.78. The number of hydrogen-bond donors (Lipinski definition) is 2. The summed E-state index contributed by atoms with van der Waals surface area (Å²) in [6.45, 7) is 7.41. The van der Waals surface area contributed by atoms with Crippen LogP contribution < -0.4 is 5.32 Å². The predicted octanol–water partition coefficient (Wildman–Crippen LogP) is 2.70. The average Bonchev–Trinajstić information content (AvgIpc) is 2.21. The SMILES string of the molecule is CCOP(=O)(O)OCCCCCCNC(C)C. The maximum atomic E-state index is 11.1. The molecule has 0 aliphatic carbocycles. The lowest BCUT2D eigenvalue weighted by Gasteiger charge is -2.10. The first-order chi connectivity index (χ1) is 7.98. The molecule has 2 N–H and O–H groups in total. The Balaban J connectivity index is 3.26. The summed E-state index contributed by atoms with van der Waals surface area (Å²) in [4.78, 5) is 9.12. The lowest BCUT2D eigenvalue weighted by atomic mass is 10.2. The Bertz CT molecular complexity index is 224. The Morgan fingerprint density at radius 3 is 2.41 bits per heavy atom. The van der Waals surface area contributed by atoms with Crippen LogP contribution in [-0.4, -0.2) is 30.7 Å². The van der Waals surface area contributed by atoms with Gasteiger partial charge in [0.1, 0.15) is 0 Å². The van der Waals surface area contributed by atoms with Gasteiger partial charge in [-0.3, -0.25) is 9.05 Å². The molecule has 104 valence electrons. The molecule has 0 bridgehead atoms. The first kappa shape index (κ1) is 17.1. The normalized spacial score (nSPS) is 15.1. The summed E-state index contributed by atoms with van der Waals surface area (Å²) in [6.07, 6.45) is 4.03. The van der Waals surface area contributed by atoms with Crippen molar-refractivity contribution in [1.29, 1.82) is 0 Å². The molecule has 0 fully saturated rings. The van der Waals surface area contributed by atoms with Crippen LogP contribution in [0.2, 0.25) is 0 Å². The quantitative estimate of drug-likeness (QED) is 0.445. The van der Waals surface area contributed by atoms with Crippen molar-refractivity contribution in [3.63, 3.8) is 0 Å². The standard InChI is InChI=1S/C11H26NO4P/c1-4-15-17(13,14)16-10-8-6-5-7-9-12-11(2)3/h11-12H,4-10H2,1-3H3,(H,13,14). The second-order valence-electron chi connectivity index (χ2n) is 4.24. The van der Waals surface area contributed by atoms with Crippen molar-refractivity contribution in [3.8, 4) is 0 Å². The van der Waals surface area contributed by atoms with E-state index in [1.54, 1.807) is 6.92 Å². The van der Waals surface area contributed by atoms with Crippen molar-refractivity contribution in [2.75, 3.05) is 19.8 Å². The first-order valence-corrected chi connectivity index (χ1v) is 7.82. The van der Waals surface area contributed by atoms with Crippen LogP contribution >= 0.6 is 7.82 Å². The number of phosphoric acid groups is 1. The minimum Gasteiger partial charge on any atom is -0.315 e. The molecule has 5 nitrogen and oxygen atoms in total. The van der Waals surface area contributed by atoms with Crippen molar-refractivity contribution >= 4 is 7.82 Å². The predicted molar refractivity (Wildman–Crippen MR) is 69.0 cm³/mol. The molecule has 0 aliphatic rings. The summed E-state index contributed by atoms with van der Waals surface area (Å²) >= 11 is 0. The number of nitrogens with one attached hydrogen (secondary N) is 1. The topological polar surface area (TPSA) is 67.8 Å². The van der Waals surface area contributed by atoms with Crippen LogP contribution in [0.3, 0.4) is 0 Å². The Kier molecular flexibility index (Phi) is 10.1. The van der Waals surface area contributed by atoms with Crippen LogP contribution in [0.15, 0.2) is 0 Å². The van der Waals surface area contributed by atoms with Gasteiger partial charge in [-0.15, -0.1) is 0 Å². The molecule has 0 rings (SSSR count). The molecule has 0 spiro atoms. The fourth-order valence-corrected chi connectivity index (χ4v) is 2.11. The summed E-state index contributed by atoms with van der Waals surface area (Å²) in [5.41, 5.74) is 0. The zero-order chi connectivity index (χ0) is 13.1. The first-order valence-electron chi connectivity index (χ1n) is 6.33. The van der Waals surface area contributed by atoms with Crippen molar-refractivity contribution in [3.05, 3.63) is 0 Å². The lowest BCUT2D eigenvalue weighted by Crippen LogP contribution is -2.23. The molecule has 0 heterocycles. The summed E-state index contributed by atoms with van der Waals surface area (Å²) in [5.74, 6) is 0. The Morgan fingerprint density at radius 2 is 1.82 bits per heavy atom. The highest BCUT2D eigenvalue weighted by atomic mass is 31.2. The smallest absolute Gasteiger partial charge is 0.315 e. The average molecular weight is 267 g/mol. The van der Waals surface area contributed by atoms with Gasteiger partial charge in [0, 0.05) is 6.04 Å². The third kappa shape index (κ3) is 12.3. The number of hydrogen-bond acceptors (Lipinski definition) is 4. The van der Waals surface area contributed by atoms with E-state index < -0.39 is 7.82 Å². The fraction of sp³-hybridized carbons (Fsp3) is 1.00. The second-order valence-corrected chi connectivity index (χ2v) is 5.70. The number of unbranched alkanes of at least 4 members (excludes halogenated alkanes) is 3. The molecule has 0 amide bonds. The Hall–Kier alpha value is 0.0700. The molecular weight excluding hydrogens is 241 g/mol. The van der Waals surface area contributed by atoms with E-state index in [0.717, 1.165) is 32.2 Å². The van der Waals surface area contributed by atoms with Gasteiger partial charge in [-0.1, -0.05) is 26.7 Å². The highest BCUT2D eigenvalue weighted by Crippen LogP contribution is 2.42.